The molecule has 6 nitrogen and oxygen atoms in total. The predicted molar refractivity (Wildman–Crippen MR) is 82.1 cm³/mol. The average molecular weight is 286 g/mol. The van der Waals surface area contributed by atoms with E-state index in [1.54, 1.807) is 22.9 Å². The Balaban J connectivity index is 2.48. The molecule has 6 heteroatoms. The minimum Gasteiger partial charge on any atom is -0.383 e. The van der Waals surface area contributed by atoms with E-state index in [0.717, 1.165) is 18.3 Å². The quantitative estimate of drug-likeness (QED) is 0.825. The van der Waals surface area contributed by atoms with Crippen LogP contribution in [0.15, 0.2) is 24.3 Å². The van der Waals surface area contributed by atoms with Crippen LogP contribution in [0.1, 0.15) is 30.6 Å². The lowest BCUT2D eigenvalue weighted by Crippen LogP contribution is -2.05. The molecule has 1 aromatic heterocycles. The van der Waals surface area contributed by atoms with Gasteiger partial charge in [-0.25, -0.2) is 4.68 Å². The Bertz CT molecular complexity index is 676. The average Bonchev–Trinajstić information content (AvgIpc) is 2.75. The van der Waals surface area contributed by atoms with Gasteiger partial charge in [-0.1, -0.05) is 19.1 Å². The number of anilines is 2. The number of nitrogens with zero attached hydrogens (tertiary/aromatic N) is 2. The summed E-state index contributed by atoms with van der Waals surface area (Å²) in [7, 11) is 0. The van der Waals surface area contributed by atoms with Crippen LogP contribution < -0.4 is 11.1 Å². The molecule has 1 heterocycles. The van der Waals surface area contributed by atoms with Crippen LogP contribution in [0.25, 0.3) is 11.3 Å². The van der Waals surface area contributed by atoms with Gasteiger partial charge in [-0.05, 0) is 18.6 Å². The Morgan fingerprint density at radius 1 is 1.48 bits per heavy atom. The summed E-state index contributed by atoms with van der Waals surface area (Å²) in [4.78, 5) is 22.4. The SMILES string of the molecule is CCCn1nc(-c2cccc(NC(C)=O)c2)c(C=O)c1N. The number of aryl methyl sites for hydroxylation is 1. The molecule has 0 saturated carbocycles. The molecule has 0 aliphatic rings. The van der Waals surface area contributed by atoms with Crippen LogP contribution >= 0.6 is 0 Å². The highest BCUT2D eigenvalue weighted by atomic mass is 16.1. The Hall–Kier alpha value is -2.63. The number of rotatable bonds is 5. The molecule has 0 unspecified atom stereocenters. The van der Waals surface area contributed by atoms with Crippen LogP contribution in [0, 0.1) is 0 Å². The summed E-state index contributed by atoms with van der Waals surface area (Å²) in [5.74, 6) is 0.213. The van der Waals surface area contributed by atoms with Gasteiger partial charge in [0.1, 0.15) is 11.5 Å². The highest BCUT2D eigenvalue weighted by molar-refractivity contribution is 5.93. The second kappa shape index (κ2) is 6.21. The molecular weight excluding hydrogens is 268 g/mol. The van der Waals surface area contributed by atoms with E-state index in [0.29, 0.717) is 29.3 Å². The van der Waals surface area contributed by atoms with Crippen LogP contribution in [0.2, 0.25) is 0 Å². The van der Waals surface area contributed by atoms with Crippen molar-refractivity contribution in [3.63, 3.8) is 0 Å². The molecule has 0 radical (unpaired) electrons. The summed E-state index contributed by atoms with van der Waals surface area (Å²) in [6, 6.07) is 7.17. The summed E-state index contributed by atoms with van der Waals surface area (Å²) in [5.41, 5.74) is 8.26. The molecule has 3 N–H and O–H groups in total. The number of amides is 1. The van der Waals surface area contributed by atoms with Crippen molar-refractivity contribution in [2.24, 2.45) is 0 Å². The van der Waals surface area contributed by atoms with Gasteiger partial charge in [-0.2, -0.15) is 5.10 Å². The maximum Gasteiger partial charge on any atom is 0.221 e. The van der Waals surface area contributed by atoms with E-state index in [1.165, 1.54) is 6.92 Å². The first-order chi connectivity index (χ1) is 10.1. The molecular formula is C15H18N4O2. The highest BCUT2D eigenvalue weighted by Gasteiger charge is 2.16. The number of hydrogen-bond donors (Lipinski definition) is 2. The summed E-state index contributed by atoms with van der Waals surface area (Å²) in [6.07, 6.45) is 1.59. The fourth-order valence-corrected chi connectivity index (χ4v) is 2.15. The highest BCUT2D eigenvalue weighted by Crippen LogP contribution is 2.27. The number of carbonyl (C=O) groups excluding carboxylic acids is 2. The van der Waals surface area contributed by atoms with E-state index in [1.807, 2.05) is 13.0 Å². The first-order valence-corrected chi connectivity index (χ1v) is 6.76. The predicted octanol–water partition coefficient (Wildman–Crippen LogP) is 2.31. The molecule has 0 atom stereocenters. The van der Waals surface area contributed by atoms with Crippen molar-refractivity contribution in [1.82, 2.24) is 9.78 Å². The van der Waals surface area contributed by atoms with Crippen molar-refractivity contribution in [2.45, 2.75) is 26.8 Å². The normalized spacial score (nSPS) is 10.4. The molecule has 0 aliphatic heterocycles. The minimum absolute atomic E-state index is 0.154. The van der Waals surface area contributed by atoms with Crippen LogP contribution in [0.5, 0.6) is 0 Å². The van der Waals surface area contributed by atoms with Crippen molar-refractivity contribution < 1.29 is 9.59 Å². The zero-order valence-electron chi connectivity index (χ0n) is 12.1. The molecule has 0 spiro atoms. The fraction of sp³-hybridized carbons (Fsp3) is 0.267. The maximum atomic E-state index is 11.3. The third-order valence-corrected chi connectivity index (χ3v) is 3.04. The lowest BCUT2D eigenvalue weighted by molar-refractivity contribution is -0.114. The fourth-order valence-electron chi connectivity index (χ4n) is 2.15. The largest absolute Gasteiger partial charge is 0.383 e. The summed E-state index contributed by atoms with van der Waals surface area (Å²) in [5, 5.41) is 7.11. The molecule has 0 saturated heterocycles. The van der Waals surface area contributed by atoms with Gasteiger partial charge in [-0.15, -0.1) is 0 Å². The molecule has 2 aromatic rings. The van der Waals surface area contributed by atoms with Crippen molar-refractivity contribution in [3.05, 3.63) is 29.8 Å². The molecule has 2 rings (SSSR count). The number of carbonyl (C=O) groups is 2. The first-order valence-electron chi connectivity index (χ1n) is 6.76. The molecule has 0 fully saturated rings. The summed E-state index contributed by atoms with van der Waals surface area (Å²) >= 11 is 0. The number of aromatic nitrogens is 2. The third kappa shape index (κ3) is 3.10. The number of nitrogens with one attached hydrogen (secondary N) is 1. The monoisotopic (exact) mass is 286 g/mol. The summed E-state index contributed by atoms with van der Waals surface area (Å²) < 4.78 is 1.63. The van der Waals surface area contributed by atoms with Crippen LogP contribution in [0.4, 0.5) is 11.5 Å². The van der Waals surface area contributed by atoms with Gasteiger partial charge in [0.25, 0.3) is 0 Å². The van der Waals surface area contributed by atoms with Gasteiger partial charge in [0.2, 0.25) is 5.91 Å². The van der Waals surface area contributed by atoms with Crippen molar-refractivity contribution in [3.8, 4) is 11.3 Å². The smallest absolute Gasteiger partial charge is 0.221 e. The second-order valence-electron chi connectivity index (χ2n) is 4.75. The Kier molecular flexibility index (Phi) is 4.37. The molecule has 1 aromatic carbocycles. The number of benzene rings is 1. The minimum atomic E-state index is -0.154. The van der Waals surface area contributed by atoms with E-state index in [9.17, 15) is 9.59 Å². The van der Waals surface area contributed by atoms with Gasteiger partial charge in [-0.3, -0.25) is 9.59 Å². The Morgan fingerprint density at radius 3 is 2.86 bits per heavy atom. The topological polar surface area (TPSA) is 90.0 Å². The van der Waals surface area contributed by atoms with Gasteiger partial charge < -0.3 is 11.1 Å². The van der Waals surface area contributed by atoms with Gasteiger partial charge in [0.05, 0.1) is 5.56 Å². The molecule has 110 valence electrons. The molecule has 1 amide bonds. The zero-order chi connectivity index (χ0) is 15.4. The van der Waals surface area contributed by atoms with Gasteiger partial charge in [0.15, 0.2) is 6.29 Å². The van der Waals surface area contributed by atoms with E-state index < -0.39 is 0 Å². The Morgan fingerprint density at radius 2 is 2.24 bits per heavy atom. The van der Waals surface area contributed by atoms with E-state index in [4.69, 9.17) is 5.73 Å². The summed E-state index contributed by atoms with van der Waals surface area (Å²) in [6.45, 7) is 4.11. The third-order valence-electron chi connectivity index (χ3n) is 3.04. The number of hydrogen-bond acceptors (Lipinski definition) is 4. The van der Waals surface area contributed by atoms with Gasteiger partial charge in [0, 0.05) is 24.7 Å². The number of nitrogens with two attached hydrogens (primary N) is 1. The number of nitrogen functional groups attached to an aromatic ring is 1. The molecule has 0 aliphatic carbocycles. The molecule has 21 heavy (non-hydrogen) atoms. The second-order valence-corrected chi connectivity index (χ2v) is 4.75. The first kappa shape index (κ1) is 14.8. The van der Waals surface area contributed by atoms with Crippen molar-refractivity contribution >= 4 is 23.7 Å². The van der Waals surface area contributed by atoms with Crippen molar-refractivity contribution in [1.29, 1.82) is 0 Å². The van der Waals surface area contributed by atoms with Gasteiger partial charge >= 0.3 is 0 Å². The van der Waals surface area contributed by atoms with Crippen LogP contribution in [-0.4, -0.2) is 22.0 Å². The van der Waals surface area contributed by atoms with E-state index >= 15 is 0 Å². The van der Waals surface area contributed by atoms with Crippen LogP contribution in [0.3, 0.4) is 0 Å². The lowest BCUT2D eigenvalue weighted by atomic mass is 10.1. The van der Waals surface area contributed by atoms with E-state index in [2.05, 4.69) is 10.4 Å². The van der Waals surface area contributed by atoms with Crippen LogP contribution in [-0.2, 0) is 11.3 Å². The molecule has 0 bridgehead atoms. The van der Waals surface area contributed by atoms with Crippen molar-refractivity contribution in [2.75, 3.05) is 11.1 Å². The van der Waals surface area contributed by atoms with E-state index in [-0.39, 0.29) is 5.91 Å². The number of aldehydes is 1. The standard InChI is InChI=1S/C15H18N4O2/c1-3-7-19-15(16)13(9-20)14(18-19)11-5-4-6-12(8-11)17-10(2)21/h4-6,8-9H,3,7,16H2,1-2H3,(H,17,21). The Labute approximate surface area is 122 Å². The lowest BCUT2D eigenvalue weighted by Gasteiger charge is -2.04. The zero-order valence-corrected chi connectivity index (χ0v) is 12.1. The maximum absolute atomic E-state index is 11.3.